The van der Waals surface area contributed by atoms with Crippen LogP contribution in [-0.2, 0) is 6.42 Å². The molecule has 1 heterocycles. The molecule has 1 aliphatic rings. The Kier molecular flexibility index (Phi) is 5.62. The summed E-state index contributed by atoms with van der Waals surface area (Å²) in [5, 5.41) is 6.38. The highest BCUT2D eigenvalue weighted by Crippen LogP contribution is 2.22. The van der Waals surface area contributed by atoms with Crippen LogP contribution in [0, 0.1) is 0 Å². The topological polar surface area (TPSA) is 44.4 Å². The lowest BCUT2D eigenvalue weighted by Gasteiger charge is -2.21. The first-order chi connectivity index (χ1) is 10.1. The number of amides is 1. The predicted octanol–water partition coefficient (Wildman–Crippen LogP) is 2.50. The molecule has 0 aliphatic carbocycles. The molecule has 0 bridgehead atoms. The Morgan fingerprint density at radius 2 is 2.24 bits per heavy atom. The number of hydrogen-bond acceptors (Lipinski definition) is 3. The molecule has 116 valence electrons. The number of carbonyl (C=O) groups excluding carboxylic acids is 1. The van der Waals surface area contributed by atoms with Crippen molar-refractivity contribution < 1.29 is 4.79 Å². The summed E-state index contributed by atoms with van der Waals surface area (Å²) in [6.45, 7) is 7.12. The first kappa shape index (κ1) is 15.8. The van der Waals surface area contributed by atoms with Crippen LogP contribution in [-0.4, -0.2) is 43.5 Å². The molecule has 1 amide bonds. The lowest BCUT2D eigenvalue weighted by atomic mass is 10.0. The van der Waals surface area contributed by atoms with E-state index in [4.69, 9.17) is 0 Å². The molecule has 0 spiro atoms. The van der Waals surface area contributed by atoms with Gasteiger partial charge in [0.15, 0.2) is 0 Å². The molecule has 2 rings (SSSR count). The maximum absolute atomic E-state index is 12.2. The van der Waals surface area contributed by atoms with Crippen LogP contribution in [0.1, 0.15) is 42.6 Å². The second-order valence-electron chi connectivity index (χ2n) is 6.09. The van der Waals surface area contributed by atoms with E-state index in [1.165, 1.54) is 11.3 Å². The summed E-state index contributed by atoms with van der Waals surface area (Å²) in [6, 6.07) is 6.51. The molecule has 0 atom stereocenters. The molecule has 2 N–H and O–H groups in total. The monoisotopic (exact) mass is 289 g/mol. The maximum atomic E-state index is 12.2. The number of aryl methyl sites for hydroxylation is 1. The predicted molar refractivity (Wildman–Crippen MR) is 88.0 cm³/mol. The first-order valence-electron chi connectivity index (χ1n) is 7.93. The molecule has 0 radical (unpaired) electrons. The fourth-order valence-corrected chi connectivity index (χ4v) is 2.51. The van der Waals surface area contributed by atoms with Crippen molar-refractivity contribution in [3.8, 4) is 0 Å². The van der Waals surface area contributed by atoms with E-state index < -0.39 is 0 Å². The van der Waals surface area contributed by atoms with Crippen molar-refractivity contribution in [3.05, 3.63) is 29.3 Å². The molecule has 0 unspecified atom stereocenters. The van der Waals surface area contributed by atoms with E-state index in [1.54, 1.807) is 0 Å². The average molecular weight is 289 g/mol. The van der Waals surface area contributed by atoms with Crippen molar-refractivity contribution in [2.75, 3.05) is 32.0 Å². The second kappa shape index (κ2) is 7.46. The molecule has 1 aliphatic heterocycles. The highest BCUT2D eigenvalue weighted by molar-refractivity contribution is 5.94. The van der Waals surface area contributed by atoms with Crippen LogP contribution in [0.15, 0.2) is 18.2 Å². The zero-order valence-electron chi connectivity index (χ0n) is 13.4. The fraction of sp³-hybridized carbons (Fsp3) is 0.588. The van der Waals surface area contributed by atoms with Gasteiger partial charge in [-0.3, -0.25) is 4.79 Å². The van der Waals surface area contributed by atoms with E-state index in [2.05, 4.69) is 36.4 Å². The summed E-state index contributed by atoms with van der Waals surface area (Å²) < 4.78 is 0. The van der Waals surface area contributed by atoms with Crippen molar-refractivity contribution in [3.63, 3.8) is 0 Å². The van der Waals surface area contributed by atoms with Crippen LogP contribution in [0.3, 0.4) is 0 Å². The second-order valence-corrected chi connectivity index (χ2v) is 6.09. The van der Waals surface area contributed by atoms with E-state index in [-0.39, 0.29) is 5.91 Å². The summed E-state index contributed by atoms with van der Waals surface area (Å²) in [5.41, 5.74) is 3.21. The zero-order chi connectivity index (χ0) is 15.2. The Morgan fingerprint density at radius 1 is 1.43 bits per heavy atom. The maximum Gasteiger partial charge on any atom is 0.251 e. The molecule has 4 heteroatoms. The third-order valence-corrected chi connectivity index (χ3v) is 4.16. The summed E-state index contributed by atoms with van der Waals surface area (Å²) in [5.74, 6) is 0.0376. The van der Waals surface area contributed by atoms with Gasteiger partial charge in [-0.2, -0.15) is 0 Å². The molecule has 4 nitrogen and oxygen atoms in total. The van der Waals surface area contributed by atoms with Crippen LogP contribution in [0.2, 0.25) is 0 Å². The number of nitrogens with one attached hydrogen (secondary N) is 2. The molecule has 0 saturated heterocycles. The Morgan fingerprint density at radius 3 is 3.00 bits per heavy atom. The highest BCUT2D eigenvalue weighted by atomic mass is 16.1. The first-order valence-corrected chi connectivity index (χ1v) is 7.93. The van der Waals surface area contributed by atoms with E-state index in [9.17, 15) is 4.79 Å². The normalized spacial score (nSPS) is 14.0. The summed E-state index contributed by atoms with van der Waals surface area (Å²) in [7, 11) is 2.11. The summed E-state index contributed by atoms with van der Waals surface area (Å²) >= 11 is 0. The Bertz CT molecular complexity index is 485. The number of carbonyl (C=O) groups is 1. The van der Waals surface area contributed by atoms with Crippen LogP contribution in [0.4, 0.5) is 5.69 Å². The molecule has 0 saturated carbocycles. The minimum absolute atomic E-state index is 0.0376. The van der Waals surface area contributed by atoms with Gasteiger partial charge in [0, 0.05) is 30.4 Å². The van der Waals surface area contributed by atoms with Gasteiger partial charge in [-0.05, 0) is 70.5 Å². The Balaban J connectivity index is 1.81. The summed E-state index contributed by atoms with van der Waals surface area (Å²) in [6.07, 6.45) is 3.18. The lowest BCUT2D eigenvalue weighted by Crippen LogP contribution is -2.31. The third kappa shape index (κ3) is 4.46. The number of anilines is 1. The number of fused-ring (bicyclic) bond motifs is 1. The van der Waals surface area contributed by atoms with Crippen molar-refractivity contribution in [1.82, 2.24) is 10.2 Å². The van der Waals surface area contributed by atoms with E-state index >= 15 is 0 Å². The minimum atomic E-state index is 0.0376. The number of benzene rings is 1. The van der Waals surface area contributed by atoms with Gasteiger partial charge in [-0.1, -0.05) is 0 Å². The smallest absolute Gasteiger partial charge is 0.251 e. The van der Waals surface area contributed by atoms with Gasteiger partial charge < -0.3 is 15.5 Å². The van der Waals surface area contributed by atoms with Crippen LogP contribution >= 0.6 is 0 Å². The van der Waals surface area contributed by atoms with Crippen molar-refractivity contribution in [2.45, 2.75) is 39.2 Å². The van der Waals surface area contributed by atoms with E-state index in [1.807, 2.05) is 18.2 Å². The van der Waals surface area contributed by atoms with Gasteiger partial charge in [0.25, 0.3) is 5.91 Å². The quantitative estimate of drug-likeness (QED) is 0.791. The zero-order valence-corrected chi connectivity index (χ0v) is 13.4. The van der Waals surface area contributed by atoms with Crippen molar-refractivity contribution >= 4 is 11.6 Å². The van der Waals surface area contributed by atoms with Gasteiger partial charge in [0.1, 0.15) is 0 Å². The van der Waals surface area contributed by atoms with Crippen molar-refractivity contribution in [2.24, 2.45) is 0 Å². The fourth-order valence-electron chi connectivity index (χ4n) is 2.51. The van der Waals surface area contributed by atoms with Crippen LogP contribution in [0.5, 0.6) is 0 Å². The molecular weight excluding hydrogens is 262 g/mol. The molecule has 1 aromatic carbocycles. The van der Waals surface area contributed by atoms with Crippen molar-refractivity contribution in [1.29, 1.82) is 0 Å². The van der Waals surface area contributed by atoms with Gasteiger partial charge >= 0.3 is 0 Å². The molecule has 0 fully saturated rings. The summed E-state index contributed by atoms with van der Waals surface area (Å²) in [4.78, 5) is 14.5. The molecule has 0 aromatic heterocycles. The number of rotatable bonds is 6. The molecule has 21 heavy (non-hydrogen) atoms. The van der Waals surface area contributed by atoms with E-state index in [0.717, 1.165) is 44.5 Å². The largest absolute Gasteiger partial charge is 0.385 e. The van der Waals surface area contributed by atoms with Gasteiger partial charge in [-0.25, -0.2) is 0 Å². The highest BCUT2D eigenvalue weighted by Gasteiger charge is 2.12. The Labute approximate surface area is 127 Å². The molecule has 1 aromatic rings. The van der Waals surface area contributed by atoms with Crippen LogP contribution < -0.4 is 10.6 Å². The third-order valence-electron chi connectivity index (χ3n) is 4.16. The van der Waals surface area contributed by atoms with Gasteiger partial charge in [0.05, 0.1) is 0 Å². The lowest BCUT2D eigenvalue weighted by molar-refractivity contribution is 0.0951. The number of hydrogen-bond donors (Lipinski definition) is 2. The number of nitrogens with zero attached hydrogens (tertiary/aromatic N) is 1. The Hall–Kier alpha value is -1.55. The molecular formula is C17H27N3O. The average Bonchev–Trinajstić information content (AvgIpc) is 2.50. The minimum Gasteiger partial charge on any atom is -0.385 e. The van der Waals surface area contributed by atoms with E-state index in [0.29, 0.717) is 6.04 Å². The van der Waals surface area contributed by atoms with Gasteiger partial charge in [0.2, 0.25) is 0 Å². The standard InChI is InChI=1S/C17H27N3O/c1-13(2)20(3)11-5-10-19-17(21)15-7-8-16-14(12-15)6-4-9-18-16/h7-8,12-13,18H,4-6,9-11H2,1-3H3,(H,19,21). The SMILES string of the molecule is CC(C)N(C)CCCNC(=O)c1ccc2c(c1)CCCN2. The van der Waals surface area contributed by atoms with Gasteiger partial charge in [-0.15, -0.1) is 0 Å². The van der Waals surface area contributed by atoms with Crippen LogP contribution in [0.25, 0.3) is 0 Å².